The van der Waals surface area contributed by atoms with Gasteiger partial charge in [0, 0.05) is 32.2 Å². The van der Waals surface area contributed by atoms with Crippen molar-refractivity contribution in [2.75, 3.05) is 33.2 Å². The molecule has 0 saturated carbocycles. The Balaban J connectivity index is 2.35. The van der Waals surface area contributed by atoms with E-state index in [4.69, 9.17) is 0 Å². The van der Waals surface area contributed by atoms with Crippen LogP contribution in [-0.4, -0.2) is 49.1 Å². The van der Waals surface area contributed by atoms with Crippen molar-refractivity contribution in [3.8, 4) is 0 Å². The van der Waals surface area contributed by atoms with Gasteiger partial charge in [0.05, 0.1) is 0 Å². The van der Waals surface area contributed by atoms with Gasteiger partial charge in [0.15, 0.2) is 0 Å². The molecule has 1 aliphatic rings. The van der Waals surface area contributed by atoms with Gasteiger partial charge in [-0.3, -0.25) is 4.90 Å². The van der Waals surface area contributed by atoms with Crippen LogP contribution in [0.25, 0.3) is 0 Å². The standard InChI is InChI=1S/C11H23N2/c1-5-10(2)11(3)13-8-6-12(4)7-9-13/h10-11H,1,5-9H2,2-4H3. The fraction of sp³-hybridized carbons (Fsp3) is 0.909. The lowest BCUT2D eigenvalue weighted by Crippen LogP contribution is -2.49. The molecule has 0 aromatic carbocycles. The van der Waals surface area contributed by atoms with Crippen LogP contribution in [0.5, 0.6) is 0 Å². The van der Waals surface area contributed by atoms with Crippen LogP contribution >= 0.6 is 0 Å². The lowest BCUT2D eigenvalue weighted by molar-refractivity contribution is 0.0938. The fourth-order valence-corrected chi connectivity index (χ4v) is 1.83. The Morgan fingerprint density at radius 1 is 1.15 bits per heavy atom. The predicted molar refractivity (Wildman–Crippen MR) is 57.7 cm³/mol. The van der Waals surface area contributed by atoms with Crippen molar-refractivity contribution in [2.45, 2.75) is 26.3 Å². The summed E-state index contributed by atoms with van der Waals surface area (Å²) in [5.74, 6) is 0.725. The van der Waals surface area contributed by atoms with Crippen molar-refractivity contribution in [1.82, 2.24) is 9.80 Å². The lowest BCUT2D eigenvalue weighted by Gasteiger charge is -2.38. The Morgan fingerprint density at radius 3 is 2.15 bits per heavy atom. The summed E-state index contributed by atoms with van der Waals surface area (Å²) >= 11 is 0. The number of nitrogens with zero attached hydrogens (tertiary/aromatic N) is 2. The second-order valence-electron chi connectivity index (χ2n) is 4.35. The summed E-state index contributed by atoms with van der Waals surface area (Å²) in [6.45, 7) is 13.5. The molecule has 0 spiro atoms. The summed E-state index contributed by atoms with van der Waals surface area (Å²) in [7, 11) is 2.20. The summed E-state index contributed by atoms with van der Waals surface area (Å²) < 4.78 is 0. The van der Waals surface area contributed by atoms with Crippen LogP contribution in [0.15, 0.2) is 0 Å². The maximum Gasteiger partial charge on any atom is 0.0113 e. The van der Waals surface area contributed by atoms with Gasteiger partial charge in [-0.15, -0.1) is 0 Å². The summed E-state index contributed by atoms with van der Waals surface area (Å²) in [5.41, 5.74) is 0. The van der Waals surface area contributed by atoms with E-state index in [1.165, 1.54) is 26.2 Å². The first-order valence-electron chi connectivity index (χ1n) is 5.37. The summed E-state index contributed by atoms with van der Waals surface area (Å²) in [4.78, 5) is 4.99. The number of piperazine rings is 1. The van der Waals surface area contributed by atoms with Crippen molar-refractivity contribution in [2.24, 2.45) is 5.92 Å². The molecule has 1 radical (unpaired) electrons. The number of hydrogen-bond donors (Lipinski definition) is 0. The summed E-state index contributed by atoms with van der Waals surface area (Å²) in [6.07, 6.45) is 1.05. The molecule has 0 amide bonds. The molecular formula is C11H23N2. The minimum absolute atomic E-state index is 0.700. The molecule has 1 rings (SSSR count). The monoisotopic (exact) mass is 183 g/mol. The van der Waals surface area contributed by atoms with Crippen LogP contribution in [0, 0.1) is 12.8 Å². The smallest absolute Gasteiger partial charge is 0.0113 e. The minimum Gasteiger partial charge on any atom is -0.304 e. The zero-order valence-corrected chi connectivity index (χ0v) is 9.29. The van der Waals surface area contributed by atoms with E-state index in [0.29, 0.717) is 6.04 Å². The third-order valence-corrected chi connectivity index (χ3v) is 3.39. The molecule has 13 heavy (non-hydrogen) atoms. The van der Waals surface area contributed by atoms with E-state index in [1.54, 1.807) is 0 Å². The molecule has 2 unspecified atom stereocenters. The first-order chi connectivity index (χ1) is 6.15. The molecule has 2 nitrogen and oxygen atoms in total. The van der Waals surface area contributed by atoms with E-state index >= 15 is 0 Å². The largest absolute Gasteiger partial charge is 0.304 e. The molecular weight excluding hydrogens is 160 g/mol. The highest BCUT2D eigenvalue weighted by Crippen LogP contribution is 2.15. The normalized spacial score (nSPS) is 25.8. The van der Waals surface area contributed by atoms with Gasteiger partial charge < -0.3 is 4.90 Å². The zero-order valence-electron chi connectivity index (χ0n) is 9.29. The average molecular weight is 183 g/mol. The Labute approximate surface area is 82.9 Å². The van der Waals surface area contributed by atoms with E-state index in [1.807, 2.05) is 0 Å². The first-order valence-corrected chi connectivity index (χ1v) is 5.37. The molecule has 1 fully saturated rings. The first kappa shape index (κ1) is 11.0. The molecule has 0 N–H and O–H groups in total. The van der Waals surface area contributed by atoms with E-state index < -0.39 is 0 Å². The average Bonchev–Trinajstić information content (AvgIpc) is 2.17. The van der Waals surface area contributed by atoms with Crippen molar-refractivity contribution in [3.05, 3.63) is 6.92 Å². The Morgan fingerprint density at radius 2 is 1.69 bits per heavy atom. The highest BCUT2D eigenvalue weighted by Gasteiger charge is 2.21. The number of likely N-dealkylation sites (N-methyl/N-ethyl adjacent to an activating group) is 1. The highest BCUT2D eigenvalue weighted by atomic mass is 15.3. The molecule has 77 valence electrons. The quantitative estimate of drug-likeness (QED) is 0.654. The Bertz CT molecular complexity index is 139. The van der Waals surface area contributed by atoms with Crippen molar-refractivity contribution >= 4 is 0 Å². The topological polar surface area (TPSA) is 6.48 Å². The maximum atomic E-state index is 3.98. The van der Waals surface area contributed by atoms with Crippen molar-refractivity contribution in [1.29, 1.82) is 0 Å². The van der Waals surface area contributed by atoms with Crippen LogP contribution < -0.4 is 0 Å². The SMILES string of the molecule is [CH2]CC(C)C(C)N1CCN(C)CC1. The van der Waals surface area contributed by atoms with Crippen LogP contribution in [0.4, 0.5) is 0 Å². The Hall–Kier alpha value is -0.0800. The van der Waals surface area contributed by atoms with Crippen molar-refractivity contribution < 1.29 is 0 Å². The van der Waals surface area contributed by atoms with Gasteiger partial charge in [-0.25, -0.2) is 0 Å². The highest BCUT2D eigenvalue weighted by molar-refractivity contribution is 4.78. The molecule has 0 aromatic heterocycles. The fourth-order valence-electron chi connectivity index (χ4n) is 1.83. The molecule has 0 aromatic rings. The van der Waals surface area contributed by atoms with E-state index in [9.17, 15) is 0 Å². The predicted octanol–water partition coefficient (Wildman–Crippen LogP) is 1.48. The maximum absolute atomic E-state index is 3.98. The second kappa shape index (κ2) is 4.97. The lowest BCUT2D eigenvalue weighted by atomic mass is 9.99. The third kappa shape index (κ3) is 2.96. The van der Waals surface area contributed by atoms with E-state index in [-0.39, 0.29) is 0 Å². The zero-order chi connectivity index (χ0) is 9.84. The van der Waals surface area contributed by atoms with Gasteiger partial charge in [0.25, 0.3) is 0 Å². The van der Waals surface area contributed by atoms with Crippen LogP contribution in [0.1, 0.15) is 20.3 Å². The van der Waals surface area contributed by atoms with Gasteiger partial charge in [0.2, 0.25) is 0 Å². The molecule has 1 heterocycles. The molecule has 1 aliphatic heterocycles. The summed E-state index contributed by atoms with van der Waals surface area (Å²) in [5, 5.41) is 0. The minimum atomic E-state index is 0.700. The summed E-state index contributed by atoms with van der Waals surface area (Å²) in [6, 6.07) is 0.700. The molecule has 0 bridgehead atoms. The number of hydrogen-bond acceptors (Lipinski definition) is 2. The van der Waals surface area contributed by atoms with Gasteiger partial charge in [-0.2, -0.15) is 0 Å². The van der Waals surface area contributed by atoms with Gasteiger partial charge in [-0.05, 0) is 26.3 Å². The van der Waals surface area contributed by atoms with E-state index in [0.717, 1.165) is 12.3 Å². The van der Waals surface area contributed by atoms with Gasteiger partial charge in [0.1, 0.15) is 0 Å². The van der Waals surface area contributed by atoms with Gasteiger partial charge in [-0.1, -0.05) is 13.8 Å². The second-order valence-corrected chi connectivity index (χ2v) is 4.35. The number of rotatable bonds is 3. The van der Waals surface area contributed by atoms with Crippen molar-refractivity contribution in [3.63, 3.8) is 0 Å². The molecule has 2 atom stereocenters. The van der Waals surface area contributed by atoms with Crippen LogP contribution in [0.3, 0.4) is 0 Å². The Kier molecular flexibility index (Phi) is 4.20. The van der Waals surface area contributed by atoms with E-state index in [2.05, 4.69) is 37.6 Å². The van der Waals surface area contributed by atoms with Crippen LogP contribution in [0.2, 0.25) is 0 Å². The third-order valence-electron chi connectivity index (χ3n) is 3.39. The molecule has 1 saturated heterocycles. The molecule has 0 aliphatic carbocycles. The van der Waals surface area contributed by atoms with Gasteiger partial charge >= 0.3 is 0 Å². The van der Waals surface area contributed by atoms with Crippen LogP contribution in [-0.2, 0) is 0 Å². The molecule has 2 heteroatoms.